The van der Waals surface area contributed by atoms with Gasteiger partial charge in [0.15, 0.2) is 0 Å². The number of likely N-dealkylation sites (tertiary alicyclic amines) is 2. The third-order valence-corrected chi connectivity index (χ3v) is 11.6. The van der Waals surface area contributed by atoms with Crippen LogP contribution >= 0.6 is 0 Å². The van der Waals surface area contributed by atoms with E-state index in [9.17, 15) is 28.8 Å². The molecule has 14 heteroatoms. The van der Waals surface area contributed by atoms with Gasteiger partial charge in [0.1, 0.15) is 24.2 Å². The molecule has 2 aliphatic heterocycles. The van der Waals surface area contributed by atoms with E-state index in [-0.39, 0.29) is 47.5 Å². The number of benzene rings is 2. The minimum atomic E-state index is -0.803. The molecule has 2 unspecified atom stereocenters. The standard InChI is InChI=1S/C44H66N8O6/c1-29(33-19-11-9-12-20-33)47-41(55)37-25-17-27-51(37)43(57)35(49-39(53)31(3)45-5)23-15-7-8-16-24-36(50-40(54)32(4)46-6)44(58)52-28-18-26-38(52)42(56)48-30(2)34-21-13-10-14-22-34/h9-14,19-22,29-32,35-38,45-46H,7-8,15-18,23-28H2,1-6H3,(H,47,55)(H,48,56)(H,49,53)(H,50,54)/t29?,30?,31-,32-,35-,36-,37-,38-/m0/s1. The summed E-state index contributed by atoms with van der Waals surface area (Å²) in [5.41, 5.74) is 1.95. The van der Waals surface area contributed by atoms with Crippen molar-refractivity contribution in [3.05, 3.63) is 71.8 Å². The van der Waals surface area contributed by atoms with Crippen molar-refractivity contribution in [2.45, 2.75) is 140 Å². The molecule has 6 amide bonds. The number of rotatable bonds is 21. The fourth-order valence-corrected chi connectivity index (χ4v) is 7.70. The Morgan fingerprint density at radius 1 is 0.552 bits per heavy atom. The first-order chi connectivity index (χ1) is 27.9. The van der Waals surface area contributed by atoms with Gasteiger partial charge in [0, 0.05) is 13.1 Å². The Morgan fingerprint density at radius 2 is 0.914 bits per heavy atom. The minimum absolute atomic E-state index is 0.209. The third-order valence-electron chi connectivity index (χ3n) is 11.6. The maximum Gasteiger partial charge on any atom is 0.245 e. The number of hydrogen-bond acceptors (Lipinski definition) is 8. The summed E-state index contributed by atoms with van der Waals surface area (Å²) in [6, 6.07) is 15.0. The summed E-state index contributed by atoms with van der Waals surface area (Å²) in [7, 11) is 3.36. The van der Waals surface area contributed by atoms with Crippen molar-refractivity contribution >= 4 is 35.4 Å². The summed E-state index contributed by atoms with van der Waals surface area (Å²) < 4.78 is 0. The summed E-state index contributed by atoms with van der Waals surface area (Å²) >= 11 is 0. The maximum absolute atomic E-state index is 14.1. The number of carbonyl (C=O) groups is 6. The molecule has 0 bridgehead atoms. The highest BCUT2D eigenvalue weighted by atomic mass is 16.2. The van der Waals surface area contributed by atoms with Crippen LogP contribution in [0.5, 0.6) is 0 Å². The van der Waals surface area contributed by atoms with Crippen LogP contribution in [0.15, 0.2) is 60.7 Å². The van der Waals surface area contributed by atoms with Crippen LogP contribution in [0.25, 0.3) is 0 Å². The molecular formula is C44H66N8O6. The molecule has 14 nitrogen and oxygen atoms in total. The second kappa shape index (κ2) is 22.9. The van der Waals surface area contributed by atoms with Crippen LogP contribution in [0.1, 0.15) is 115 Å². The smallest absolute Gasteiger partial charge is 0.245 e. The van der Waals surface area contributed by atoms with Crippen LogP contribution in [0, 0.1) is 0 Å². The summed E-state index contributed by atoms with van der Waals surface area (Å²) in [4.78, 5) is 84.3. The molecule has 8 atom stereocenters. The predicted molar refractivity (Wildman–Crippen MR) is 224 cm³/mol. The molecule has 0 saturated carbocycles. The van der Waals surface area contributed by atoms with Crippen molar-refractivity contribution in [3.63, 3.8) is 0 Å². The first kappa shape index (κ1) is 45.9. The van der Waals surface area contributed by atoms with Crippen molar-refractivity contribution in [3.8, 4) is 0 Å². The first-order valence-corrected chi connectivity index (χ1v) is 21.1. The molecule has 2 aliphatic rings. The number of nitrogens with zero attached hydrogens (tertiary/aromatic N) is 2. The van der Waals surface area contributed by atoms with E-state index in [1.54, 1.807) is 37.7 Å². The molecular weight excluding hydrogens is 737 g/mol. The molecule has 2 fully saturated rings. The van der Waals surface area contributed by atoms with Crippen molar-refractivity contribution in [1.82, 2.24) is 41.7 Å². The Kier molecular flexibility index (Phi) is 18.1. The van der Waals surface area contributed by atoms with E-state index < -0.39 is 36.3 Å². The van der Waals surface area contributed by atoms with E-state index >= 15 is 0 Å². The Balaban J connectivity index is 1.35. The van der Waals surface area contributed by atoms with E-state index in [4.69, 9.17) is 0 Å². The second-order valence-corrected chi connectivity index (χ2v) is 15.8. The van der Waals surface area contributed by atoms with Crippen molar-refractivity contribution in [2.75, 3.05) is 27.2 Å². The summed E-state index contributed by atoms with van der Waals surface area (Å²) in [6.45, 7) is 8.16. The molecule has 2 aromatic rings. The van der Waals surface area contributed by atoms with Crippen LogP contribution in [0.4, 0.5) is 0 Å². The van der Waals surface area contributed by atoms with Crippen LogP contribution < -0.4 is 31.9 Å². The monoisotopic (exact) mass is 803 g/mol. The average Bonchev–Trinajstić information content (AvgIpc) is 3.95. The van der Waals surface area contributed by atoms with E-state index in [2.05, 4.69) is 31.9 Å². The Labute approximate surface area is 344 Å². The molecule has 0 aromatic heterocycles. The molecule has 2 heterocycles. The van der Waals surface area contributed by atoms with Gasteiger partial charge in [0.05, 0.1) is 24.2 Å². The molecule has 6 N–H and O–H groups in total. The topological polar surface area (TPSA) is 181 Å². The van der Waals surface area contributed by atoms with Gasteiger partial charge in [-0.05, 0) is 91.4 Å². The van der Waals surface area contributed by atoms with Gasteiger partial charge in [0.2, 0.25) is 35.4 Å². The second-order valence-electron chi connectivity index (χ2n) is 15.8. The highest BCUT2D eigenvalue weighted by Gasteiger charge is 2.40. The lowest BCUT2D eigenvalue weighted by atomic mass is 10.0. The average molecular weight is 803 g/mol. The lowest BCUT2D eigenvalue weighted by Crippen LogP contribution is -2.55. The van der Waals surface area contributed by atoms with Crippen LogP contribution in [-0.4, -0.2) is 109 Å². The van der Waals surface area contributed by atoms with Crippen molar-refractivity contribution in [1.29, 1.82) is 0 Å². The van der Waals surface area contributed by atoms with Gasteiger partial charge in [-0.2, -0.15) is 0 Å². The zero-order chi connectivity index (χ0) is 42.2. The highest BCUT2D eigenvalue weighted by Crippen LogP contribution is 2.24. The van der Waals surface area contributed by atoms with E-state index in [1.165, 1.54) is 0 Å². The third kappa shape index (κ3) is 12.8. The van der Waals surface area contributed by atoms with Gasteiger partial charge in [0.25, 0.3) is 0 Å². The molecule has 2 saturated heterocycles. The minimum Gasteiger partial charge on any atom is -0.348 e. The number of carbonyl (C=O) groups excluding carboxylic acids is 6. The van der Waals surface area contributed by atoms with E-state index in [0.29, 0.717) is 77.3 Å². The lowest BCUT2D eigenvalue weighted by Gasteiger charge is -2.30. The van der Waals surface area contributed by atoms with Gasteiger partial charge in [-0.3, -0.25) is 28.8 Å². The van der Waals surface area contributed by atoms with Gasteiger partial charge in [-0.1, -0.05) is 86.3 Å². The van der Waals surface area contributed by atoms with Gasteiger partial charge < -0.3 is 41.7 Å². The number of likely N-dealkylation sites (N-methyl/N-ethyl adjacent to an activating group) is 2. The van der Waals surface area contributed by atoms with Gasteiger partial charge in [-0.25, -0.2) is 0 Å². The number of hydrogen-bond donors (Lipinski definition) is 6. The Morgan fingerprint density at radius 3 is 1.26 bits per heavy atom. The van der Waals surface area contributed by atoms with E-state index in [1.807, 2.05) is 74.5 Å². The van der Waals surface area contributed by atoms with E-state index in [0.717, 1.165) is 11.1 Å². The van der Waals surface area contributed by atoms with Crippen molar-refractivity contribution in [2.24, 2.45) is 0 Å². The van der Waals surface area contributed by atoms with Crippen LogP contribution in [0.3, 0.4) is 0 Å². The summed E-state index contributed by atoms with van der Waals surface area (Å²) in [5.74, 6) is -1.55. The van der Waals surface area contributed by atoms with Gasteiger partial charge >= 0.3 is 0 Å². The quantitative estimate of drug-likeness (QED) is 0.104. The number of unbranched alkanes of at least 4 members (excludes halogenated alkanes) is 3. The Hall–Kier alpha value is -4.82. The summed E-state index contributed by atoms with van der Waals surface area (Å²) in [6.07, 6.45) is 5.92. The number of nitrogens with one attached hydrogen (secondary N) is 6. The van der Waals surface area contributed by atoms with Gasteiger partial charge in [-0.15, -0.1) is 0 Å². The molecule has 0 radical (unpaired) electrons. The zero-order valence-corrected chi connectivity index (χ0v) is 35.2. The maximum atomic E-state index is 14.1. The molecule has 0 spiro atoms. The largest absolute Gasteiger partial charge is 0.348 e. The van der Waals surface area contributed by atoms with Crippen molar-refractivity contribution < 1.29 is 28.8 Å². The summed E-state index contributed by atoms with van der Waals surface area (Å²) in [5, 5.41) is 17.9. The molecule has 2 aromatic carbocycles. The molecule has 0 aliphatic carbocycles. The zero-order valence-electron chi connectivity index (χ0n) is 35.2. The Bertz CT molecular complexity index is 1540. The fourth-order valence-electron chi connectivity index (χ4n) is 7.70. The molecule has 58 heavy (non-hydrogen) atoms. The normalized spacial score (nSPS) is 19.6. The highest BCUT2D eigenvalue weighted by molar-refractivity contribution is 5.94. The molecule has 318 valence electrons. The number of amides is 6. The lowest BCUT2D eigenvalue weighted by molar-refractivity contribution is -0.142. The SMILES string of the molecule is CN[C@@H](C)C(=O)N[C@@H](CCCCCC[C@H](NC(=O)[C@H](C)NC)C(=O)N1CCC[C@H]1C(=O)NC(C)c1ccccc1)C(=O)N1CCC[C@H]1C(=O)NC(C)c1ccccc1. The fraction of sp³-hybridized carbons (Fsp3) is 0.591. The first-order valence-electron chi connectivity index (χ1n) is 21.1. The van der Waals surface area contributed by atoms with Crippen LogP contribution in [0.2, 0.25) is 0 Å². The predicted octanol–water partition coefficient (Wildman–Crippen LogP) is 3.25. The molecule has 4 rings (SSSR count). The van der Waals surface area contributed by atoms with Crippen LogP contribution in [-0.2, 0) is 28.8 Å².